The molecule has 2 aromatic carbocycles. The highest BCUT2D eigenvalue weighted by Gasteiger charge is 2.54. The van der Waals surface area contributed by atoms with Gasteiger partial charge in [0.1, 0.15) is 18.1 Å². The molecule has 35 heavy (non-hydrogen) atoms. The number of carbonyl (C=O) groups is 3. The molecule has 3 unspecified atom stereocenters. The van der Waals surface area contributed by atoms with Crippen LogP contribution < -0.4 is 15.5 Å². The second-order valence-electron chi connectivity index (χ2n) is 9.11. The van der Waals surface area contributed by atoms with E-state index >= 15 is 0 Å². The molecule has 0 spiro atoms. The number of methoxy groups -OCH3 is 1. The van der Waals surface area contributed by atoms with E-state index in [0.717, 1.165) is 31.2 Å². The summed E-state index contributed by atoms with van der Waals surface area (Å²) in [5.74, 6) is -0.350. The van der Waals surface area contributed by atoms with Gasteiger partial charge in [0, 0.05) is 18.3 Å². The first kappa shape index (κ1) is 23.1. The summed E-state index contributed by atoms with van der Waals surface area (Å²) in [5.41, 5.74) is 4.43. The maximum Gasteiger partial charge on any atom is 0.337 e. The maximum atomic E-state index is 13.5. The maximum absolute atomic E-state index is 13.5. The lowest BCUT2D eigenvalue weighted by Crippen LogP contribution is -2.65. The molecule has 9 nitrogen and oxygen atoms in total. The molecule has 0 aromatic heterocycles. The van der Waals surface area contributed by atoms with Gasteiger partial charge in [0.2, 0.25) is 11.8 Å². The molecule has 3 atom stereocenters. The number of carbonyl (C=O) groups excluding carboxylic acids is 3. The molecule has 3 aliphatic rings. The van der Waals surface area contributed by atoms with Crippen LogP contribution in [0.15, 0.2) is 48.5 Å². The van der Waals surface area contributed by atoms with Crippen molar-refractivity contribution in [1.82, 2.24) is 20.2 Å². The second kappa shape index (κ2) is 9.53. The number of fused-ring (bicyclic) bond motifs is 3. The number of rotatable bonds is 6. The van der Waals surface area contributed by atoms with Crippen LogP contribution in [-0.4, -0.2) is 58.6 Å². The largest absolute Gasteiger partial charge is 0.497 e. The number of anilines is 1. The molecule has 2 heterocycles. The van der Waals surface area contributed by atoms with Crippen molar-refractivity contribution >= 4 is 23.5 Å². The Morgan fingerprint density at radius 2 is 1.80 bits per heavy atom. The summed E-state index contributed by atoms with van der Waals surface area (Å²) >= 11 is 0. The first-order valence-corrected chi connectivity index (χ1v) is 11.8. The fourth-order valence-corrected chi connectivity index (χ4v) is 5.19. The van der Waals surface area contributed by atoms with Crippen LogP contribution in [0.4, 0.5) is 14.9 Å². The summed E-state index contributed by atoms with van der Waals surface area (Å²) in [6, 6.07) is 12.3. The highest BCUT2D eigenvalue weighted by atomic mass is 19.1. The van der Waals surface area contributed by atoms with Gasteiger partial charge in [0.15, 0.2) is 6.29 Å². The number of hydrazine groups is 1. The number of ether oxygens (including phenoxy) is 1. The van der Waals surface area contributed by atoms with Crippen molar-refractivity contribution in [2.45, 2.75) is 44.6 Å². The number of nitrogens with zero attached hydrogens (tertiary/aromatic N) is 3. The van der Waals surface area contributed by atoms with Crippen LogP contribution >= 0.6 is 0 Å². The minimum atomic E-state index is -0.701. The summed E-state index contributed by atoms with van der Waals surface area (Å²) in [6.07, 6.45) is 2.65. The van der Waals surface area contributed by atoms with Gasteiger partial charge in [-0.2, -0.15) is 5.43 Å². The van der Waals surface area contributed by atoms with Gasteiger partial charge in [0.05, 0.1) is 13.0 Å². The van der Waals surface area contributed by atoms with Gasteiger partial charge in [-0.25, -0.2) is 14.2 Å². The number of hydrogen-bond acceptors (Lipinski definition) is 5. The number of hydrogen-bond donors (Lipinski definition) is 2. The van der Waals surface area contributed by atoms with Crippen LogP contribution in [-0.2, 0) is 16.1 Å². The summed E-state index contributed by atoms with van der Waals surface area (Å²) in [6.45, 7) is 0.0174. The number of benzene rings is 2. The van der Waals surface area contributed by atoms with Gasteiger partial charge in [-0.1, -0.05) is 25.0 Å². The zero-order valence-corrected chi connectivity index (χ0v) is 19.4. The minimum Gasteiger partial charge on any atom is -0.497 e. The zero-order chi connectivity index (χ0) is 24.5. The standard InChI is InChI=1S/C25H28FN5O4/c1-35-19-12-10-18(11-13-19)27-22(32)15-30-25(34)31-21-5-3-2-4-20(21)23(33)29(24(31)28-30)14-16-6-8-17(26)9-7-16/h6-13,20-21,24,28H,2-5,14-15H2,1H3,(H,27,32). The fourth-order valence-electron chi connectivity index (χ4n) is 5.19. The van der Waals surface area contributed by atoms with Crippen molar-refractivity contribution in [3.63, 3.8) is 0 Å². The fraction of sp³-hybridized carbons (Fsp3) is 0.400. The Morgan fingerprint density at radius 1 is 1.09 bits per heavy atom. The summed E-state index contributed by atoms with van der Waals surface area (Å²) in [4.78, 5) is 42.9. The smallest absolute Gasteiger partial charge is 0.337 e. The van der Waals surface area contributed by atoms with Crippen LogP contribution in [0.3, 0.4) is 0 Å². The van der Waals surface area contributed by atoms with E-state index in [2.05, 4.69) is 10.7 Å². The van der Waals surface area contributed by atoms with Crippen LogP contribution in [0, 0.1) is 11.7 Å². The molecular formula is C25H28FN5O4. The lowest BCUT2D eigenvalue weighted by Gasteiger charge is -2.48. The zero-order valence-electron chi connectivity index (χ0n) is 19.4. The van der Waals surface area contributed by atoms with Crippen LogP contribution in [0.1, 0.15) is 31.2 Å². The number of urea groups is 1. The molecule has 3 fully saturated rings. The van der Waals surface area contributed by atoms with E-state index in [1.54, 1.807) is 53.3 Å². The third-order valence-corrected chi connectivity index (χ3v) is 6.91. The van der Waals surface area contributed by atoms with E-state index < -0.39 is 6.29 Å². The van der Waals surface area contributed by atoms with Gasteiger partial charge >= 0.3 is 6.03 Å². The van der Waals surface area contributed by atoms with Gasteiger partial charge in [0.25, 0.3) is 0 Å². The molecule has 4 amide bonds. The number of halogens is 1. The van der Waals surface area contributed by atoms with Crippen molar-refractivity contribution in [3.05, 3.63) is 59.9 Å². The lowest BCUT2D eigenvalue weighted by molar-refractivity contribution is -0.157. The van der Waals surface area contributed by atoms with E-state index in [4.69, 9.17) is 4.74 Å². The molecule has 2 aromatic rings. The van der Waals surface area contributed by atoms with E-state index in [1.807, 2.05) is 0 Å². The van der Waals surface area contributed by atoms with E-state index in [0.29, 0.717) is 11.4 Å². The van der Waals surface area contributed by atoms with Crippen LogP contribution in [0.25, 0.3) is 0 Å². The average molecular weight is 482 g/mol. The summed E-state index contributed by atoms with van der Waals surface area (Å²) < 4.78 is 18.5. The molecule has 2 saturated heterocycles. The third kappa shape index (κ3) is 4.53. The Hall–Kier alpha value is -3.66. The quantitative estimate of drug-likeness (QED) is 0.662. The normalized spacial score (nSPS) is 23.7. The molecule has 1 saturated carbocycles. The second-order valence-corrected chi connectivity index (χ2v) is 9.11. The van der Waals surface area contributed by atoms with Gasteiger partial charge in [-0.05, 0) is 54.8 Å². The van der Waals surface area contributed by atoms with Gasteiger partial charge < -0.3 is 15.0 Å². The van der Waals surface area contributed by atoms with E-state index in [9.17, 15) is 18.8 Å². The number of nitrogens with one attached hydrogen (secondary N) is 2. The Bertz CT molecular complexity index is 1110. The van der Waals surface area contributed by atoms with Crippen molar-refractivity contribution in [1.29, 1.82) is 0 Å². The topological polar surface area (TPSA) is 94.2 Å². The minimum absolute atomic E-state index is 0.0230. The van der Waals surface area contributed by atoms with Gasteiger partial charge in [-0.3, -0.25) is 14.5 Å². The highest BCUT2D eigenvalue weighted by molar-refractivity contribution is 5.95. The average Bonchev–Trinajstić information content (AvgIpc) is 3.19. The number of amides is 4. The molecule has 184 valence electrons. The lowest BCUT2D eigenvalue weighted by atomic mass is 9.81. The molecule has 0 bridgehead atoms. The Kier molecular flexibility index (Phi) is 6.29. The Balaban J connectivity index is 1.34. The van der Waals surface area contributed by atoms with Gasteiger partial charge in [-0.15, -0.1) is 0 Å². The van der Waals surface area contributed by atoms with Crippen molar-refractivity contribution in [2.24, 2.45) is 5.92 Å². The molecule has 1 aliphatic carbocycles. The molecule has 2 aliphatic heterocycles. The third-order valence-electron chi connectivity index (χ3n) is 6.91. The molecular weight excluding hydrogens is 453 g/mol. The molecule has 10 heteroatoms. The van der Waals surface area contributed by atoms with Crippen LogP contribution in [0.2, 0.25) is 0 Å². The molecule has 0 radical (unpaired) electrons. The van der Waals surface area contributed by atoms with Crippen LogP contribution in [0.5, 0.6) is 5.75 Å². The first-order chi connectivity index (χ1) is 16.9. The van der Waals surface area contributed by atoms with E-state index in [1.165, 1.54) is 17.1 Å². The first-order valence-electron chi connectivity index (χ1n) is 11.8. The molecule has 2 N–H and O–H groups in total. The molecule has 5 rings (SSSR count). The Morgan fingerprint density at radius 3 is 2.51 bits per heavy atom. The summed E-state index contributed by atoms with van der Waals surface area (Å²) in [5, 5.41) is 4.05. The van der Waals surface area contributed by atoms with Crippen molar-refractivity contribution in [3.8, 4) is 5.75 Å². The van der Waals surface area contributed by atoms with Crippen molar-refractivity contribution in [2.75, 3.05) is 19.0 Å². The van der Waals surface area contributed by atoms with Crippen molar-refractivity contribution < 1.29 is 23.5 Å². The predicted octanol–water partition coefficient (Wildman–Crippen LogP) is 2.90. The monoisotopic (exact) mass is 481 g/mol. The highest BCUT2D eigenvalue weighted by Crippen LogP contribution is 2.38. The summed E-state index contributed by atoms with van der Waals surface area (Å²) in [7, 11) is 1.56. The van der Waals surface area contributed by atoms with E-state index in [-0.39, 0.29) is 48.7 Å². The SMILES string of the molecule is COc1ccc(NC(=O)CN2NC3N(Cc4ccc(F)cc4)C(=O)C4CCCCC4N3C2=O)cc1. The Labute approximate surface area is 202 Å². The predicted molar refractivity (Wildman–Crippen MR) is 125 cm³/mol.